The highest BCUT2D eigenvalue weighted by Gasteiger charge is 2.19. The second-order valence-electron chi connectivity index (χ2n) is 19.6. The predicted molar refractivity (Wildman–Crippen MR) is 261 cm³/mol. The molecule has 6 nitrogen and oxygen atoms in total. The molecule has 0 aromatic heterocycles. The summed E-state index contributed by atoms with van der Waals surface area (Å²) in [5, 5.41) is 0. The molecule has 6 heteroatoms. The van der Waals surface area contributed by atoms with Crippen molar-refractivity contribution in [3.8, 4) is 0 Å². The summed E-state index contributed by atoms with van der Waals surface area (Å²) >= 11 is 0. The van der Waals surface area contributed by atoms with Crippen molar-refractivity contribution in [2.24, 2.45) is 11.8 Å². The van der Waals surface area contributed by atoms with Crippen LogP contribution in [0, 0.1) is 11.8 Å². The molecule has 0 aliphatic heterocycles. The van der Waals surface area contributed by atoms with Gasteiger partial charge in [0.05, 0.1) is 0 Å². The van der Waals surface area contributed by atoms with Gasteiger partial charge in [-0.05, 0) is 31.1 Å². The molecule has 0 N–H and O–H groups in total. The summed E-state index contributed by atoms with van der Waals surface area (Å²) in [7, 11) is 0. The van der Waals surface area contributed by atoms with Gasteiger partial charge in [0.2, 0.25) is 0 Å². The Bertz CT molecular complexity index is 933. The number of hydrogen-bond donors (Lipinski definition) is 0. The molecular formula is C55H106O6. The number of rotatable bonds is 49. The summed E-state index contributed by atoms with van der Waals surface area (Å²) in [6, 6.07) is 0. The second-order valence-corrected chi connectivity index (χ2v) is 19.6. The summed E-state index contributed by atoms with van der Waals surface area (Å²) in [4.78, 5) is 38.0. The van der Waals surface area contributed by atoms with E-state index in [-0.39, 0.29) is 31.1 Å². The molecule has 0 aromatic rings. The van der Waals surface area contributed by atoms with Crippen LogP contribution in [0.2, 0.25) is 0 Å². The van der Waals surface area contributed by atoms with E-state index in [1.807, 2.05) is 0 Å². The predicted octanol–water partition coefficient (Wildman–Crippen LogP) is 17.7. The molecule has 0 radical (unpaired) electrons. The maximum Gasteiger partial charge on any atom is 0.306 e. The Morgan fingerprint density at radius 1 is 0.344 bits per heavy atom. The van der Waals surface area contributed by atoms with Crippen LogP contribution < -0.4 is 0 Å². The van der Waals surface area contributed by atoms with Crippen molar-refractivity contribution in [2.45, 2.75) is 310 Å². The van der Waals surface area contributed by atoms with E-state index in [0.717, 1.165) is 69.6 Å². The SMILES string of the molecule is CCCCCCCCCCCCCCCCCCCCCC(=O)OC[C@H](COC(=O)CCCCCCCCC(C)CC)OC(=O)CCCCCCCCCCCCCC(C)C. The highest BCUT2D eigenvalue weighted by atomic mass is 16.6. The molecule has 0 bridgehead atoms. The van der Waals surface area contributed by atoms with Gasteiger partial charge in [-0.25, -0.2) is 0 Å². The highest BCUT2D eigenvalue weighted by Crippen LogP contribution is 2.18. The lowest BCUT2D eigenvalue weighted by atomic mass is 10.00. The fourth-order valence-electron chi connectivity index (χ4n) is 8.31. The maximum absolute atomic E-state index is 12.8. The molecule has 0 aliphatic carbocycles. The van der Waals surface area contributed by atoms with Crippen LogP contribution in [-0.4, -0.2) is 37.2 Å². The number of hydrogen-bond acceptors (Lipinski definition) is 6. The number of unbranched alkanes of at least 4 members (excludes halogenated alkanes) is 33. The van der Waals surface area contributed by atoms with Crippen molar-refractivity contribution in [3.63, 3.8) is 0 Å². The zero-order valence-corrected chi connectivity index (χ0v) is 41.8. The van der Waals surface area contributed by atoms with Crippen molar-refractivity contribution >= 4 is 17.9 Å². The molecule has 0 heterocycles. The average molecular weight is 863 g/mol. The molecule has 1 unspecified atom stereocenters. The van der Waals surface area contributed by atoms with Gasteiger partial charge >= 0.3 is 17.9 Å². The summed E-state index contributed by atoms with van der Waals surface area (Å²) in [6.07, 6.45) is 49.6. The molecule has 61 heavy (non-hydrogen) atoms. The van der Waals surface area contributed by atoms with E-state index in [2.05, 4.69) is 34.6 Å². The molecule has 362 valence electrons. The summed E-state index contributed by atoms with van der Waals surface area (Å²) < 4.78 is 16.8. The normalized spacial score (nSPS) is 12.5. The zero-order chi connectivity index (χ0) is 44.7. The van der Waals surface area contributed by atoms with Gasteiger partial charge in [0.15, 0.2) is 6.10 Å². The topological polar surface area (TPSA) is 78.9 Å². The van der Waals surface area contributed by atoms with Crippen molar-refractivity contribution in [1.29, 1.82) is 0 Å². The molecule has 2 atom stereocenters. The number of ether oxygens (including phenoxy) is 3. The van der Waals surface area contributed by atoms with Crippen LogP contribution in [0.4, 0.5) is 0 Å². The van der Waals surface area contributed by atoms with Crippen LogP contribution in [0.5, 0.6) is 0 Å². The minimum absolute atomic E-state index is 0.0641. The maximum atomic E-state index is 12.8. The molecule has 0 spiro atoms. The number of carbonyl (C=O) groups excluding carboxylic acids is 3. The van der Waals surface area contributed by atoms with Crippen LogP contribution in [-0.2, 0) is 28.6 Å². The number of esters is 3. The van der Waals surface area contributed by atoms with Gasteiger partial charge in [-0.1, -0.05) is 266 Å². The molecule has 0 aliphatic rings. The van der Waals surface area contributed by atoms with Gasteiger partial charge in [0.25, 0.3) is 0 Å². The Hall–Kier alpha value is -1.59. The third-order valence-electron chi connectivity index (χ3n) is 12.8. The second kappa shape index (κ2) is 47.9. The molecule has 0 fully saturated rings. The van der Waals surface area contributed by atoms with Crippen LogP contribution in [0.3, 0.4) is 0 Å². The van der Waals surface area contributed by atoms with Gasteiger partial charge in [0, 0.05) is 19.3 Å². The largest absolute Gasteiger partial charge is 0.462 e. The van der Waals surface area contributed by atoms with Crippen LogP contribution in [0.25, 0.3) is 0 Å². The standard InChI is InChI=1S/C55H106O6/c1-6-8-9-10-11-12-13-14-15-16-17-18-19-20-23-26-29-35-40-45-53(56)59-48-52(49-60-54(57)46-41-36-32-31-34-39-44-51(5)7-2)61-55(58)47-42-37-30-27-24-21-22-25-28-33-38-43-50(3)4/h50-52H,6-49H2,1-5H3/t51?,52-/m1/s1. The van der Waals surface area contributed by atoms with Gasteiger partial charge in [-0.3, -0.25) is 14.4 Å². The molecule has 0 saturated carbocycles. The summed E-state index contributed by atoms with van der Waals surface area (Å²) in [5.74, 6) is 0.790. The van der Waals surface area contributed by atoms with Crippen molar-refractivity contribution < 1.29 is 28.6 Å². The third kappa shape index (κ3) is 47.7. The Kier molecular flexibility index (Phi) is 46.6. The zero-order valence-electron chi connectivity index (χ0n) is 41.8. The highest BCUT2D eigenvalue weighted by molar-refractivity contribution is 5.71. The Morgan fingerprint density at radius 2 is 0.623 bits per heavy atom. The fraction of sp³-hybridized carbons (Fsp3) is 0.945. The first-order chi connectivity index (χ1) is 29.8. The van der Waals surface area contributed by atoms with Crippen LogP contribution in [0.15, 0.2) is 0 Å². The van der Waals surface area contributed by atoms with Gasteiger partial charge < -0.3 is 14.2 Å². The van der Waals surface area contributed by atoms with Gasteiger partial charge in [-0.15, -0.1) is 0 Å². The first kappa shape index (κ1) is 59.4. The monoisotopic (exact) mass is 863 g/mol. The Morgan fingerprint density at radius 3 is 0.934 bits per heavy atom. The smallest absolute Gasteiger partial charge is 0.306 e. The first-order valence-electron chi connectivity index (χ1n) is 27.3. The minimum Gasteiger partial charge on any atom is -0.462 e. The quantitative estimate of drug-likeness (QED) is 0.0344. The van der Waals surface area contributed by atoms with Crippen molar-refractivity contribution in [3.05, 3.63) is 0 Å². The molecule has 0 rings (SSSR count). The van der Waals surface area contributed by atoms with E-state index in [0.29, 0.717) is 19.3 Å². The van der Waals surface area contributed by atoms with Gasteiger partial charge in [0.1, 0.15) is 13.2 Å². The Labute approximate surface area is 380 Å². The van der Waals surface area contributed by atoms with Crippen molar-refractivity contribution in [2.75, 3.05) is 13.2 Å². The molecule has 0 saturated heterocycles. The first-order valence-corrected chi connectivity index (χ1v) is 27.3. The lowest BCUT2D eigenvalue weighted by molar-refractivity contribution is -0.167. The van der Waals surface area contributed by atoms with E-state index in [4.69, 9.17) is 14.2 Å². The molecule has 0 amide bonds. The van der Waals surface area contributed by atoms with E-state index >= 15 is 0 Å². The van der Waals surface area contributed by atoms with Crippen LogP contribution in [0.1, 0.15) is 304 Å². The summed E-state index contributed by atoms with van der Waals surface area (Å²) in [5.41, 5.74) is 0. The molecular weight excluding hydrogens is 757 g/mol. The van der Waals surface area contributed by atoms with E-state index in [1.54, 1.807) is 0 Å². The molecule has 0 aromatic carbocycles. The Balaban J connectivity index is 4.25. The fourth-order valence-corrected chi connectivity index (χ4v) is 8.31. The average Bonchev–Trinajstić information content (AvgIpc) is 3.24. The summed E-state index contributed by atoms with van der Waals surface area (Å²) in [6.45, 7) is 11.4. The van der Waals surface area contributed by atoms with Gasteiger partial charge in [-0.2, -0.15) is 0 Å². The van der Waals surface area contributed by atoms with Crippen LogP contribution >= 0.6 is 0 Å². The van der Waals surface area contributed by atoms with E-state index in [9.17, 15) is 14.4 Å². The number of carbonyl (C=O) groups is 3. The third-order valence-corrected chi connectivity index (χ3v) is 12.8. The lowest BCUT2D eigenvalue weighted by Gasteiger charge is -2.18. The van der Waals surface area contributed by atoms with E-state index in [1.165, 1.54) is 193 Å². The van der Waals surface area contributed by atoms with E-state index < -0.39 is 6.10 Å². The lowest BCUT2D eigenvalue weighted by Crippen LogP contribution is -2.30. The van der Waals surface area contributed by atoms with Crippen molar-refractivity contribution in [1.82, 2.24) is 0 Å². The minimum atomic E-state index is -0.763.